The van der Waals surface area contributed by atoms with Gasteiger partial charge in [0.2, 0.25) is 17.8 Å². The molecular weight excluding hydrogens is 400 g/mol. The maximum absolute atomic E-state index is 5.49. The van der Waals surface area contributed by atoms with Crippen LogP contribution in [-0.2, 0) is 17.6 Å². The second-order valence-electron chi connectivity index (χ2n) is 7.98. The lowest BCUT2D eigenvalue weighted by Gasteiger charge is -2.27. The van der Waals surface area contributed by atoms with Gasteiger partial charge in [-0.05, 0) is 54.7 Å². The summed E-state index contributed by atoms with van der Waals surface area (Å²) < 4.78 is 5.49. The molecule has 4 rings (SSSR count). The van der Waals surface area contributed by atoms with Gasteiger partial charge in [-0.25, -0.2) is 0 Å². The summed E-state index contributed by atoms with van der Waals surface area (Å²) in [6.07, 6.45) is 4.52. The number of ether oxygens (including phenoxy) is 1. The predicted octanol–water partition coefficient (Wildman–Crippen LogP) is 5.10. The van der Waals surface area contributed by atoms with Crippen molar-refractivity contribution in [2.24, 2.45) is 0 Å². The van der Waals surface area contributed by atoms with Crippen LogP contribution < -0.4 is 15.5 Å². The van der Waals surface area contributed by atoms with Gasteiger partial charge in [0.25, 0.3) is 0 Å². The van der Waals surface area contributed by atoms with Gasteiger partial charge >= 0.3 is 0 Å². The summed E-state index contributed by atoms with van der Waals surface area (Å²) in [5.41, 5.74) is 4.56. The third-order valence-electron chi connectivity index (χ3n) is 5.56. The van der Waals surface area contributed by atoms with Crippen molar-refractivity contribution < 1.29 is 4.74 Å². The Morgan fingerprint density at radius 1 is 0.781 bits per heavy atom. The van der Waals surface area contributed by atoms with Crippen molar-refractivity contribution in [2.45, 2.75) is 39.5 Å². The molecule has 2 N–H and O–H groups in total. The van der Waals surface area contributed by atoms with Gasteiger partial charge in [-0.1, -0.05) is 44.5 Å². The Bertz CT molecular complexity index is 984. The van der Waals surface area contributed by atoms with Crippen molar-refractivity contribution in [1.82, 2.24) is 15.0 Å². The molecule has 0 aliphatic carbocycles. The molecule has 3 aromatic rings. The number of hydrogen-bond acceptors (Lipinski definition) is 7. The summed E-state index contributed by atoms with van der Waals surface area (Å²) in [6.45, 7) is 7.24. The average Bonchev–Trinajstić information content (AvgIpc) is 2.84. The fourth-order valence-electron chi connectivity index (χ4n) is 3.60. The number of benzene rings is 2. The molecule has 2 aromatic carbocycles. The Hall–Kier alpha value is -3.19. The largest absolute Gasteiger partial charge is 0.378 e. The SMILES string of the molecule is CCCCc1ccc(Nc2nc(Nc3ccc(CC)cc3)nc(N3CCOCC3)n2)cc1. The van der Waals surface area contributed by atoms with Crippen molar-refractivity contribution in [3.8, 4) is 0 Å². The van der Waals surface area contributed by atoms with Crippen LogP contribution in [0.3, 0.4) is 0 Å². The summed E-state index contributed by atoms with van der Waals surface area (Å²) in [4.78, 5) is 16.1. The average molecular weight is 433 g/mol. The Morgan fingerprint density at radius 2 is 1.34 bits per heavy atom. The van der Waals surface area contributed by atoms with E-state index in [9.17, 15) is 0 Å². The fraction of sp³-hybridized carbons (Fsp3) is 0.400. The second-order valence-corrected chi connectivity index (χ2v) is 7.98. The summed E-state index contributed by atoms with van der Waals surface area (Å²) in [5.74, 6) is 1.70. The minimum absolute atomic E-state index is 0.521. The highest BCUT2D eigenvalue weighted by Gasteiger charge is 2.17. The standard InChI is InChI=1S/C25H32N6O/c1-3-5-6-20-9-13-22(14-10-20)27-24-28-23(26-21-11-7-19(4-2)8-12-21)29-25(30-24)31-15-17-32-18-16-31/h7-14H,3-6,15-18H2,1-2H3,(H2,26,27,28,29,30). The summed E-state index contributed by atoms with van der Waals surface area (Å²) >= 11 is 0. The zero-order valence-electron chi connectivity index (χ0n) is 19.0. The Morgan fingerprint density at radius 3 is 1.88 bits per heavy atom. The molecule has 0 amide bonds. The molecule has 1 saturated heterocycles. The number of hydrogen-bond donors (Lipinski definition) is 2. The molecule has 32 heavy (non-hydrogen) atoms. The van der Waals surface area contributed by atoms with Crippen LogP contribution in [0.2, 0.25) is 0 Å². The smallest absolute Gasteiger partial charge is 0.233 e. The first-order valence-corrected chi connectivity index (χ1v) is 11.5. The van der Waals surface area contributed by atoms with Gasteiger partial charge in [0, 0.05) is 24.5 Å². The van der Waals surface area contributed by atoms with Gasteiger partial charge in [0.15, 0.2) is 0 Å². The van der Waals surface area contributed by atoms with E-state index in [1.165, 1.54) is 24.0 Å². The van der Waals surface area contributed by atoms with E-state index in [-0.39, 0.29) is 0 Å². The van der Waals surface area contributed by atoms with Crippen molar-refractivity contribution in [3.05, 3.63) is 59.7 Å². The van der Waals surface area contributed by atoms with Gasteiger partial charge in [0.05, 0.1) is 13.2 Å². The van der Waals surface area contributed by atoms with Crippen LogP contribution in [0.25, 0.3) is 0 Å². The first-order chi connectivity index (χ1) is 15.7. The van der Waals surface area contributed by atoms with Gasteiger partial charge in [-0.15, -0.1) is 0 Å². The molecule has 0 radical (unpaired) electrons. The van der Waals surface area contributed by atoms with Crippen LogP contribution in [0, 0.1) is 0 Å². The van der Waals surface area contributed by atoms with E-state index in [0.29, 0.717) is 31.1 Å². The first-order valence-electron chi connectivity index (χ1n) is 11.5. The van der Waals surface area contributed by atoms with Crippen molar-refractivity contribution in [1.29, 1.82) is 0 Å². The van der Waals surface area contributed by atoms with Crippen LogP contribution in [0.4, 0.5) is 29.2 Å². The molecule has 7 heteroatoms. The zero-order valence-corrected chi connectivity index (χ0v) is 19.0. The molecule has 0 spiro atoms. The quantitative estimate of drug-likeness (QED) is 0.487. The number of aromatic nitrogens is 3. The van der Waals surface area contributed by atoms with Gasteiger partial charge in [0.1, 0.15) is 0 Å². The van der Waals surface area contributed by atoms with Crippen molar-refractivity contribution >= 4 is 29.2 Å². The Labute approximate surface area is 190 Å². The van der Waals surface area contributed by atoms with E-state index in [2.05, 4.69) is 87.9 Å². The molecule has 2 heterocycles. The molecule has 1 fully saturated rings. The summed E-state index contributed by atoms with van der Waals surface area (Å²) in [7, 11) is 0. The molecule has 0 saturated carbocycles. The lowest BCUT2D eigenvalue weighted by molar-refractivity contribution is 0.122. The maximum Gasteiger partial charge on any atom is 0.233 e. The highest BCUT2D eigenvalue weighted by Crippen LogP contribution is 2.22. The van der Waals surface area contributed by atoms with Gasteiger partial charge in [-0.2, -0.15) is 15.0 Å². The van der Waals surface area contributed by atoms with E-state index in [1.807, 2.05) is 0 Å². The molecule has 7 nitrogen and oxygen atoms in total. The third kappa shape index (κ3) is 5.95. The number of nitrogens with one attached hydrogen (secondary N) is 2. The molecule has 168 valence electrons. The Balaban J connectivity index is 1.56. The molecule has 0 bridgehead atoms. The number of anilines is 5. The molecule has 0 unspecified atom stereocenters. The minimum Gasteiger partial charge on any atom is -0.378 e. The number of aryl methyl sites for hydroxylation is 2. The topological polar surface area (TPSA) is 75.2 Å². The summed E-state index contributed by atoms with van der Waals surface area (Å²) in [6, 6.07) is 16.8. The summed E-state index contributed by atoms with van der Waals surface area (Å²) in [5, 5.41) is 6.68. The number of unbranched alkanes of at least 4 members (excludes halogenated alkanes) is 1. The molecule has 1 aliphatic rings. The van der Waals surface area contributed by atoms with Crippen LogP contribution in [-0.4, -0.2) is 41.3 Å². The molecular formula is C25H32N6O. The zero-order chi connectivity index (χ0) is 22.2. The van der Waals surface area contributed by atoms with E-state index < -0.39 is 0 Å². The number of rotatable bonds is 9. The van der Waals surface area contributed by atoms with E-state index in [4.69, 9.17) is 9.72 Å². The van der Waals surface area contributed by atoms with Crippen LogP contribution in [0.1, 0.15) is 37.8 Å². The van der Waals surface area contributed by atoms with Gasteiger partial charge in [-0.3, -0.25) is 0 Å². The predicted molar refractivity (Wildman–Crippen MR) is 130 cm³/mol. The monoisotopic (exact) mass is 432 g/mol. The van der Waals surface area contributed by atoms with Crippen LogP contribution in [0.15, 0.2) is 48.5 Å². The molecule has 1 aromatic heterocycles. The third-order valence-corrected chi connectivity index (χ3v) is 5.56. The lowest BCUT2D eigenvalue weighted by Crippen LogP contribution is -2.37. The normalized spacial score (nSPS) is 13.8. The van der Waals surface area contributed by atoms with Crippen molar-refractivity contribution in [3.63, 3.8) is 0 Å². The van der Waals surface area contributed by atoms with Crippen LogP contribution >= 0.6 is 0 Å². The molecule has 0 atom stereocenters. The highest BCUT2D eigenvalue weighted by atomic mass is 16.5. The van der Waals surface area contributed by atoms with E-state index in [0.717, 1.165) is 37.3 Å². The first kappa shape index (κ1) is 22.0. The minimum atomic E-state index is 0.521. The number of morpholine rings is 1. The lowest BCUT2D eigenvalue weighted by atomic mass is 10.1. The fourth-order valence-corrected chi connectivity index (χ4v) is 3.60. The van der Waals surface area contributed by atoms with Crippen molar-refractivity contribution in [2.75, 3.05) is 41.8 Å². The van der Waals surface area contributed by atoms with Crippen LogP contribution in [0.5, 0.6) is 0 Å². The highest BCUT2D eigenvalue weighted by molar-refractivity contribution is 5.60. The number of nitrogens with zero attached hydrogens (tertiary/aromatic N) is 4. The Kier molecular flexibility index (Phi) is 7.51. The van der Waals surface area contributed by atoms with E-state index in [1.54, 1.807) is 0 Å². The van der Waals surface area contributed by atoms with E-state index >= 15 is 0 Å². The van der Waals surface area contributed by atoms with Gasteiger partial charge < -0.3 is 20.3 Å². The second kappa shape index (κ2) is 10.9. The maximum atomic E-state index is 5.49. The molecule has 1 aliphatic heterocycles.